The molecule has 4 rings (SSSR count). The molecule has 1 atom stereocenters. The average Bonchev–Trinajstić information content (AvgIpc) is 3.11. The van der Waals surface area contributed by atoms with Crippen LogP contribution in [0.25, 0.3) is 0 Å². The zero-order chi connectivity index (χ0) is 18.8. The Hall–Kier alpha value is -2.90. The monoisotopic (exact) mass is 384 g/mol. The van der Waals surface area contributed by atoms with Crippen molar-refractivity contribution in [3.63, 3.8) is 0 Å². The van der Waals surface area contributed by atoms with E-state index in [0.717, 1.165) is 11.3 Å². The molecule has 2 heterocycles. The van der Waals surface area contributed by atoms with Gasteiger partial charge in [0.05, 0.1) is 26.0 Å². The first-order valence-corrected chi connectivity index (χ1v) is 8.76. The number of anilines is 1. The Morgan fingerprint density at radius 1 is 1.30 bits per heavy atom. The number of benzene rings is 2. The van der Waals surface area contributed by atoms with Crippen molar-refractivity contribution in [1.82, 2.24) is 15.0 Å². The molecule has 0 radical (unpaired) electrons. The van der Waals surface area contributed by atoms with Crippen molar-refractivity contribution in [2.45, 2.75) is 19.3 Å². The molecule has 1 aliphatic heterocycles. The molecule has 1 aromatic heterocycles. The highest BCUT2D eigenvalue weighted by molar-refractivity contribution is 6.30. The number of carbonyl (C=O) groups excluding carboxylic acids is 1. The summed E-state index contributed by atoms with van der Waals surface area (Å²) in [6.45, 7) is 0.737. The molecule has 1 aliphatic rings. The molecular weight excluding hydrogens is 368 g/mol. The number of amides is 1. The zero-order valence-electron chi connectivity index (χ0n) is 14.6. The second-order valence-corrected chi connectivity index (χ2v) is 6.54. The molecular formula is C19H17ClN4O3. The van der Waals surface area contributed by atoms with Crippen LogP contribution in [0.15, 0.2) is 48.5 Å². The van der Waals surface area contributed by atoms with Crippen LogP contribution in [0.5, 0.6) is 5.75 Å². The van der Waals surface area contributed by atoms with Crippen molar-refractivity contribution in [2.75, 3.05) is 12.4 Å². The predicted molar refractivity (Wildman–Crippen MR) is 100.0 cm³/mol. The van der Waals surface area contributed by atoms with Crippen molar-refractivity contribution in [1.29, 1.82) is 0 Å². The van der Waals surface area contributed by atoms with Crippen LogP contribution in [-0.2, 0) is 17.9 Å². The molecule has 27 heavy (non-hydrogen) atoms. The number of hydrogen-bond acceptors (Lipinski definition) is 5. The summed E-state index contributed by atoms with van der Waals surface area (Å²) in [6.07, 6.45) is -0.158. The number of fused-ring (bicyclic) bond motifs is 1. The van der Waals surface area contributed by atoms with Gasteiger partial charge in [-0.1, -0.05) is 35.0 Å². The van der Waals surface area contributed by atoms with Crippen molar-refractivity contribution < 1.29 is 14.3 Å². The van der Waals surface area contributed by atoms with Crippen LogP contribution in [0.4, 0.5) is 5.69 Å². The highest BCUT2D eigenvalue weighted by Gasteiger charge is 2.27. The smallest absolute Gasteiger partial charge is 0.278 e. The van der Waals surface area contributed by atoms with Crippen LogP contribution in [-0.4, -0.2) is 28.0 Å². The number of hydrogen-bond donors (Lipinski definition) is 1. The molecule has 2 aromatic carbocycles. The summed E-state index contributed by atoms with van der Waals surface area (Å²) in [4.78, 5) is 12.5. The number of aromatic nitrogens is 3. The number of nitrogens with zero attached hydrogens (tertiary/aromatic N) is 3. The molecule has 0 saturated heterocycles. The highest BCUT2D eigenvalue weighted by atomic mass is 35.5. The van der Waals surface area contributed by atoms with E-state index in [1.165, 1.54) is 0 Å². The minimum Gasteiger partial charge on any atom is -0.497 e. The van der Waals surface area contributed by atoms with Gasteiger partial charge < -0.3 is 14.8 Å². The summed E-state index contributed by atoms with van der Waals surface area (Å²) < 4.78 is 12.8. The molecule has 7 nitrogen and oxygen atoms in total. The van der Waals surface area contributed by atoms with Crippen LogP contribution in [0.1, 0.15) is 27.8 Å². The third kappa shape index (κ3) is 3.65. The van der Waals surface area contributed by atoms with Gasteiger partial charge in [0.1, 0.15) is 11.9 Å². The predicted octanol–water partition coefficient (Wildman–Crippen LogP) is 3.46. The maximum absolute atomic E-state index is 12.5. The molecule has 0 saturated carbocycles. The second kappa shape index (κ2) is 7.38. The van der Waals surface area contributed by atoms with E-state index in [1.807, 2.05) is 24.3 Å². The molecule has 1 amide bonds. The normalized spacial score (nSPS) is 15.9. The van der Waals surface area contributed by atoms with Crippen molar-refractivity contribution in [2.24, 2.45) is 0 Å². The van der Waals surface area contributed by atoms with E-state index in [2.05, 4.69) is 15.6 Å². The Morgan fingerprint density at radius 2 is 2.11 bits per heavy atom. The lowest BCUT2D eigenvalue weighted by Crippen LogP contribution is -2.24. The fraction of sp³-hybridized carbons (Fsp3) is 0.211. The minimum atomic E-state index is -0.343. The fourth-order valence-electron chi connectivity index (χ4n) is 2.96. The quantitative estimate of drug-likeness (QED) is 0.745. The number of carbonyl (C=O) groups is 1. The van der Waals surface area contributed by atoms with Crippen LogP contribution >= 0.6 is 11.6 Å². The van der Waals surface area contributed by atoms with Crippen LogP contribution in [0.3, 0.4) is 0 Å². The van der Waals surface area contributed by atoms with E-state index in [9.17, 15) is 4.79 Å². The van der Waals surface area contributed by atoms with Gasteiger partial charge in [-0.3, -0.25) is 4.79 Å². The molecule has 8 heteroatoms. The van der Waals surface area contributed by atoms with Gasteiger partial charge in [0.15, 0.2) is 5.69 Å². The first kappa shape index (κ1) is 17.5. The summed E-state index contributed by atoms with van der Waals surface area (Å²) in [5.41, 5.74) is 2.52. The maximum Gasteiger partial charge on any atom is 0.278 e. The van der Waals surface area contributed by atoms with Gasteiger partial charge in [0.25, 0.3) is 5.91 Å². The Bertz CT molecular complexity index is 971. The molecule has 3 aromatic rings. The van der Waals surface area contributed by atoms with Gasteiger partial charge >= 0.3 is 0 Å². The van der Waals surface area contributed by atoms with E-state index < -0.39 is 0 Å². The van der Waals surface area contributed by atoms with E-state index in [1.54, 1.807) is 36.1 Å². The van der Waals surface area contributed by atoms with Gasteiger partial charge in [-0.15, -0.1) is 5.10 Å². The lowest BCUT2D eigenvalue weighted by molar-refractivity contribution is -0.00173. The van der Waals surface area contributed by atoms with Crippen molar-refractivity contribution in [3.8, 4) is 5.75 Å². The largest absolute Gasteiger partial charge is 0.497 e. The Balaban J connectivity index is 1.50. The van der Waals surface area contributed by atoms with Gasteiger partial charge in [-0.2, -0.15) is 0 Å². The lowest BCUT2D eigenvalue weighted by atomic mass is 10.1. The van der Waals surface area contributed by atoms with Crippen molar-refractivity contribution in [3.05, 3.63) is 70.5 Å². The third-order valence-corrected chi connectivity index (χ3v) is 4.62. The Labute approximate surface area is 160 Å². The van der Waals surface area contributed by atoms with Crippen LogP contribution < -0.4 is 10.1 Å². The van der Waals surface area contributed by atoms with E-state index in [0.29, 0.717) is 22.9 Å². The molecule has 1 unspecified atom stereocenters. The summed E-state index contributed by atoms with van der Waals surface area (Å²) in [6, 6.07) is 14.6. The lowest BCUT2D eigenvalue weighted by Gasteiger charge is -2.24. The molecule has 0 spiro atoms. The number of methoxy groups -OCH3 is 1. The third-order valence-electron chi connectivity index (χ3n) is 4.38. The molecule has 138 valence electrons. The number of ether oxygens (including phenoxy) is 2. The molecule has 0 aliphatic carbocycles. The standard InChI is InChI=1S/C19H17ClN4O3/c1-26-15-7-5-12(6-8-15)17-10-24-16(11-27-17)18(22-23-24)19(25)21-14-4-2-3-13(20)9-14/h2-9,17H,10-11H2,1H3,(H,21,25). The summed E-state index contributed by atoms with van der Waals surface area (Å²) in [5, 5.41) is 11.5. The first-order chi connectivity index (χ1) is 13.1. The highest BCUT2D eigenvalue weighted by Crippen LogP contribution is 2.28. The van der Waals surface area contributed by atoms with E-state index >= 15 is 0 Å². The van der Waals surface area contributed by atoms with E-state index in [4.69, 9.17) is 21.1 Å². The number of nitrogens with one attached hydrogen (secondary N) is 1. The first-order valence-electron chi connectivity index (χ1n) is 8.39. The van der Waals surface area contributed by atoms with Crippen LogP contribution in [0, 0.1) is 0 Å². The van der Waals surface area contributed by atoms with Gasteiger partial charge in [0.2, 0.25) is 0 Å². The number of halogens is 1. The Morgan fingerprint density at radius 3 is 2.85 bits per heavy atom. The van der Waals surface area contributed by atoms with E-state index in [-0.39, 0.29) is 24.3 Å². The fourth-order valence-corrected chi connectivity index (χ4v) is 3.16. The van der Waals surface area contributed by atoms with Crippen LogP contribution in [0.2, 0.25) is 5.02 Å². The summed E-state index contributed by atoms with van der Waals surface area (Å²) in [7, 11) is 1.63. The zero-order valence-corrected chi connectivity index (χ0v) is 15.3. The number of rotatable bonds is 4. The molecule has 0 bridgehead atoms. The maximum atomic E-state index is 12.5. The summed E-state index contributed by atoms with van der Waals surface area (Å²) in [5.74, 6) is 0.445. The van der Waals surface area contributed by atoms with Gasteiger partial charge in [0, 0.05) is 10.7 Å². The molecule has 1 N–H and O–H groups in total. The van der Waals surface area contributed by atoms with Gasteiger partial charge in [-0.25, -0.2) is 4.68 Å². The van der Waals surface area contributed by atoms with Gasteiger partial charge in [-0.05, 0) is 35.9 Å². The average molecular weight is 385 g/mol. The minimum absolute atomic E-state index is 0.158. The second-order valence-electron chi connectivity index (χ2n) is 6.10. The SMILES string of the molecule is COc1ccc(C2Cn3nnc(C(=O)Nc4cccc(Cl)c4)c3CO2)cc1. The Kier molecular flexibility index (Phi) is 4.79. The molecule has 0 fully saturated rings. The summed E-state index contributed by atoms with van der Waals surface area (Å²) >= 11 is 5.95. The van der Waals surface area contributed by atoms with Crippen molar-refractivity contribution >= 4 is 23.2 Å². The topological polar surface area (TPSA) is 78.3 Å².